The van der Waals surface area contributed by atoms with Crippen LogP contribution in [0.15, 0.2) is 41.9 Å². The maximum absolute atomic E-state index is 11.5. The zero-order chi connectivity index (χ0) is 15.5. The first-order valence-electron chi connectivity index (χ1n) is 6.17. The molecule has 3 aromatic rings. The van der Waals surface area contributed by atoms with E-state index in [1.54, 1.807) is 24.4 Å². The average molecular weight is 295 g/mol. The summed E-state index contributed by atoms with van der Waals surface area (Å²) in [6.07, 6.45) is 4.48. The van der Waals surface area contributed by atoms with E-state index < -0.39 is 5.97 Å². The van der Waals surface area contributed by atoms with Crippen LogP contribution < -0.4 is 0 Å². The lowest BCUT2D eigenvalue weighted by Crippen LogP contribution is -2.02. The van der Waals surface area contributed by atoms with Gasteiger partial charge >= 0.3 is 5.97 Å². The van der Waals surface area contributed by atoms with E-state index in [1.807, 2.05) is 0 Å². The van der Waals surface area contributed by atoms with Crippen molar-refractivity contribution in [1.29, 1.82) is 0 Å². The van der Waals surface area contributed by atoms with Crippen molar-refractivity contribution >= 4 is 22.7 Å². The number of hydrogen-bond acceptors (Lipinski definition) is 6. The Balaban J connectivity index is 2.17. The second-order valence-electron chi connectivity index (χ2n) is 4.21. The van der Waals surface area contributed by atoms with E-state index in [9.17, 15) is 4.79 Å². The highest BCUT2D eigenvalue weighted by atomic mass is 16.5. The summed E-state index contributed by atoms with van der Waals surface area (Å²) < 4.78 is 6.18. The molecule has 2 aromatic heterocycles. The highest BCUT2D eigenvalue weighted by molar-refractivity contribution is 5.94. The number of nitrogens with zero attached hydrogens (tertiary/aromatic N) is 7. The number of carbonyl (C=O) groups is 1. The summed E-state index contributed by atoms with van der Waals surface area (Å²) in [6, 6.07) is 4.99. The van der Waals surface area contributed by atoms with Gasteiger partial charge in [0.1, 0.15) is 0 Å². The third-order valence-electron chi connectivity index (χ3n) is 2.99. The Morgan fingerprint density at radius 3 is 2.95 bits per heavy atom. The molecule has 9 heteroatoms. The summed E-state index contributed by atoms with van der Waals surface area (Å²) in [5.74, 6) is -0.00270. The lowest BCUT2D eigenvalue weighted by Gasteiger charge is -2.05. The second-order valence-corrected chi connectivity index (χ2v) is 4.21. The van der Waals surface area contributed by atoms with Gasteiger partial charge in [0.2, 0.25) is 0 Å². The smallest absolute Gasteiger partial charge is 0.337 e. The molecule has 0 aliphatic carbocycles. The molecule has 0 fully saturated rings. The summed E-state index contributed by atoms with van der Waals surface area (Å²) in [7, 11) is 1.32. The number of hydrogen-bond donors (Lipinski definition) is 0. The number of rotatable bonds is 3. The molecule has 108 valence electrons. The van der Waals surface area contributed by atoms with Gasteiger partial charge in [-0.15, -0.1) is 0 Å². The van der Waals surface area contributed by atoms with Crippen LogP contribution in [0.1, 0.15) is 10.4 Å². The topological polar surface area (TPSA) is 119 Å². The van der Waals surface area contributed by atoms with Crippen LogP contribution in [-0.2, 0) is 4.74 Å². The van der Waals surface area contributed by atoms with Gasteiger partial charge in [-0.2, -0.15) is 5.10 Å². The third-order valence-corrected chi connectivity index (χ3v) is 2.99. The van der Waals surface area contributed by atoms with E-state index in [-0.39, 0.29) is 5.82 Å². The fourth-order valence-corrected chi connectivity index (χ4v) is 2.03. The number of carbonyl (C=O) groups excluding carboxylic acids is 1. The number of aromatic nitrogens is 4. The predicted molar refractivity (Wildman–Crippen MR) is 76.8 cm³/mol. The van der Waals surface area contributed by atoms with Gasteiger partial charge in [-0.1, -0.05) is 0 Å². The summed E-state index contributed by atoms with van der Waals surface area (Å²) >= 11 is 0. The number of methoxy groups -OCH3 is 1. The predicted octanol–water partition coefficient (Wildman–Crippen LogP) is 2.54. The number of azide groups is 1. The molecule has 22 heavy (non-hydrogen) atoms. The lowest BCUT2D eigenvalue weighted by molar-refractivity contribution is 0.0601. The average Bonchev–Trinajstić information content (AvgIpc) is 2.98. The lowest BCUT2D eigenvalue weighted by atomic mass is 10.1. The maximum Gasteiger partial charge on any atom is 0.337 e. The molecule has 0 saturated heterocycles. The Morgan fingerprint density at radius 1 is 1.36 bits per heavy atom. The van der Waals surface area contributed by atoms with E-state index in [0.29, 0.717) is 16.9 Å². The molecule has 0 atom stereocenters. The summed E-state index contributed by atoms with van der Waals surface area (Å²) in [5, 5.41) is 8.44. The van der Waals surface area contributed by atoms with Crippen molar-refractivity contribution in [3.05, 3.63) is 52.8 Å². The first-order valence-corrected chi connectivity index (χ1v) is 6.17. The van der Waals surface area contributed by atoms with Gasteiger partial charge in [0.25, 0.3) is 0 Å². The maximum atomic E-state index is 11.5. The van der Waals surface area contributed by atoms with Crippen molar-refractivity contribution in [2.75, 3.05) is 7.11 Å². The van der Waals surface area contributed by atoms with Gasteiger partial charge < -0.3 is 4.74 Å². The fourth-order valence-electron chi connectivity index (χ4n) is 2.03. The Morgan fingerprint density at radius 2 is 2.18 bits per heavy atom. The first kappa shape index (κ1) is 13.5. The molecule has 1 aromatic carbocycles. The van der Waals surface area contributed by atoms with E-state index >= 15 is 0 Å². The summed E-state index contributed by atoms with van der Waals surface area (Å²) in [6.45, 7) is 0. The van der Waals surface area contributed by atoms with Crippen molar-refractivity contribution < 1.29 is 9.53 Å². The Bertz CT molecular complexity index is 912. The SMILES string of the molecule is COC(=O)c1ccc2c(cnn2-c2nccnc2N=[N+]=[N-])c1. The number of esters is 1. The minimum absolute atomic E-state index is 0.118. The number of ether oxygens (including phenoxy) is 1. The minimum atomic E-state index is -0.427. The van der Waals surface area contributed by atoms with Crippen LogP contribution in [-0.4, -0.2) is 32.8 Å². The molecule has 3 rings (SSSR count). The van der Waals surface area contributed by atoms with Crippen molar-refractivity contribution in [1.82, 2.24) is 19.7 Å². The first-order chi connectivity index (χ1) is 10.7. The molecular weight excluding hydrogens is 286 g/mol. The molecule has 0 aliphatic rings. The van der Waals surface area contributed by atoms with Gasteiger partial charge in [-0.25, -0.2) is 19.4 Å². The molecule has 0 N–H and O–H groups in total. The molecule has 0 radical (unpaired) electrons. The highest BCUT2D eigenvalue weighted by Crippen LogP contribution is 2.23. The van der Waals surface area contributed by atoms with Gasteiger partial charge in [0.15, 0.2) is 11.6 Å². The zero-order valence-electron chi connectivity index (χ0n) is 11.4. The second kappa shape index (κ2) is 5.51. The Kier molecular flexibility index (Phi) is 3.39. The van der Waals surface area contributed by atoms with Crippen molar-refractivity contribution in [3.8, 4) is 5.82 Å². The molecule has 9 nitrogen and oxygen atoms in total. The van der Waals surface area contributed by atoms with Gasteiger partial charge in [0.05, 0.1) is 24.4 Å². The number of benzene rings is 1. The molecule has 0 saturated carbocycles. The summed E-state index contributed by atoms with van der Waals surface area (Å²) in [4.78, 5) is 22.4. The number of fused-ring (bicyclic) bond motifs is 1. The van der Waals surface area contributed by atoms with Crippen LogP contribution >= 0.6 is 0 Å². The van der Waals surface area contributed by atoms with Crippen molar-refractivity contribution in [2.24, 2.45) is 5.11 Å². The Labute approximate surface area is 123 Å². The fraction of sp³-hybridized carbons (Fsp3) is 0.0769. The molecule has 0 bridgehead atoms. The molecule has 0 unspecified atom stereocenters. The van der Waals surface area contributed by atoms with E-state index in [4.69, 9.17) is 5.53 Å². The van der Waals surface area contributed by atoms with Crippen LogP contribution in [0.25, 0.3) is 27.2 Å². The molecule has 0 aliphatic heterocycles. The van der Waals surface area contributed by atoms with Gasteiger partial charge in [-0.05, 0) is 28.8 Å². The standard InChI is InChI=1S/C13H9N7O2/c1-22-13(21)8-2-3-10-9(6-8)7-17-20(10)12-11(18-19-14)15-4-5-16-12/h2-7H,1H3. The van der Waals surface area contributed by atoms with Gasteiger partial charge in [0, 0.05) is 22.7 Å². The van der Waals surface area contributed by atoms with Crippen LogP contribution in [0.4, 0.5) is 5.82 Å². The van der Waals surface area contributed by atoms with Crippen molar-refractivity contribution in [2.45, 2.75) is 0 Å². The van der Waals surface area contributed by atoms with Crippen LogP contribution in [0, 0.1) is 0 Å². The summed E-state index contributed by atoms with van der Waals surface area (Å²) in [5.41, 5.74) is 9.71. The molecule has 0 amide bonds. The zero-order valence-corrected chi connectivity index (χ0v) is 11.4. The van der Waals surface area contributed by atoms with Crippen LogP contribution in [0.2, 0.25) is 0 Å². The van der Waals surface area contributed by atoms with Gasteiger partial charge in [-0.3, -0.25) is 0 Å². The van der Waals surface area contributed by atoms with Crippen LogP contribution in [0.3, 0.4) is 0 Å². The monoisotopic (exact) mass is 295 g/mol. The van der Waals surface area contributed by atoms with E-state index in [0.717, 1.165) is 5.39 Å². The normalized spacial score (nSPS) is 10.2. The van der Waals surface area contributed by atoms with E-state index in [2.05, 4.69) is 29.8 Å². The largest absolute Gasteiger partial charge is 0.465 e. The van der Waals surface area contributed by atoms with E-state index in [1.165, 1.54) is 24.2 Å². The molecule has 0 spiro atoms. The van der Waals surface area contributed by atoms with Crippen molar-refractivity contribution in [3.63, 3.8) is 0 Å². The molecule has 2 heterocycles. The third kappa shape index (κ3) is 2.21. The van der Waals surface area contributed by atoms with Crippen LogP contribution in [0.5, 0.6) is 0 Å². The Hall–Kier alpha value is -3.45. The quantitative estimate of drug-likeness (QED) is 0.318. The molecular formula is C13H9N7O2. The minimum Gasteiger partial charge on any atom is -0.465 e. The highest BCUT2D eigenvalue weighted by Gasteiger charge is 2.13.